The fourth-order valence-electron chi connectivity index (χ4n) is 8.67. The molecule has 0 aromatic heterocycles. The predicted octanol–water partition coefficient (Wildman–Crippen LogP) is 9.94. The SMILES string of the molecule is CC(C)(C)c1cc2c(cc1C(C)(C)C)C1(O)OC3(OC(O)(C(=O)c4cc(C(C)(C)C)c(C(C)(C)C)cc43)c3cc(C(C)(C)C)c(C(C)(C)C)cc3C1=O)C2=O. The third-order valence-corrected chi connectivity index (χ3v) is 11.6. The maximum atomic E-state index is 15.6. The van der Waals surface area contributed by atoms with Gasteiger partial charge in [0.15, 0.2) is 0 Å². The van der Waals surface area contributed by atoms with Gasteiger partial charge in [0.25, 0.3) is 17.4 Å². The normalized spacial score (nSPS) is 24.5. The van der Waals surface area contributed by atoms with Crippen LogP contribution in [0.25, 0.3) is 0 Å². The van der Waals surface area contributed by atoms with Crippen LogP contribution in [-0.2, 0) is 59.3 Å². The van der Waals surface area contributed by atoms with Crippen LogP contribution in [0.2, 0.25) is 0 Å². The molecule has 6 rings (SSSR count). The predicted molar refractivity (Wildman–Crippen MR) is 216 cm³/mol. The molecule has 3 aromatic carbocycles. The third-order valence-electron chi connectivity index (χ3n) is 11.6. The fourth-order valence-corrected chi connectivity index (χ4v) is 8.67. The van der Waals surface area contributed by atoms with E-state index in [1.165, 1.54) is 0 Å². The molecule has 0 saturated carbocycles. The van der Waals surface area contributed by atoms with Gasteiger partial charge >= 0.3 is 0 Å². The van der Waals surface area contributed by atoms with Gasteiger partial charge < -0.3 is 10.2 Å². The number of fused-ring (bicyclic) bond motifs is 7. The van der Waals surface area contributed by atoms with Crippen LogP contribution in [0, 0.1) is 0 Å². The van der Waals surface area contributed by atoms with Gasteiger partial charge in [0, 0.05) is 33.4 Å². The summed E-state index contributed by atoms with van der Waals surface area (Å²) in [6, 6.07) is 10.3. The van der Waals surface area contributed by atoms with Crippen molar-refractivity contribution in [3.05, 3.63) is 103 Å². The average molecular weight is 751 g/mol. The number of ketones is 3. The number of rotatable bonds is 0. The monoisotopic (exact) mass is 750 g/mol. The number of benzene rings is 3. The third kappa shape index (κ3) is 6.02. The molecule has 3 atom stereocenters. The highest BCUT2D eigenvalue weighted by Crippen LogP contribution is 2.58. The second-order valence-electron chi connectivity index (χ2n) is 22.4. The second kappa shape index (κ2) is 11.6. The first-order valence-electron chi connectivity index (χ1n) is 19.6. The Labute approximate surface area is 328 Å². The smallest absolute Gasteiger partial charge is 0.268 e. The molecule has 2 N–H and O–H groups in total. The van der Waals surface area contributed by atoms with Crippen LogP contribution in [0.4, 0.5) is 0 Å². The number of Topliss-reactive ketones (excluding diaryl/α,β-unsaturated/α-hetero) is 3. The number of ether oxygens (including phenoxy) is 2. The highest BCUT2D eigenvalue weighted by Gasteiger charge is 2.69. The van der Waals surface area contributed by atoms with Crippen LogP contribution in [-0.4, -0.2) is 27.6 Å². The van der Waals surface area contributed by atoms with E-state index in [4.69, 9.17) is 9.47 Å². The Morgan fingerprint density at radius 2 is 0.582 bits per heavy atom. The molecule has 3 heterocycles. The van der Waals surface area contributed by atoms with Crippen LogP contribution >= 0.6 is 0 Å². The molecule has 1 spiro atoms. The van der Waals surface area contributed by atoms with Gasteiger partial charge in [-0.2, -0.15) is 0 Å². The van der Waals surface area contributed by atoms with E-state index in [9.17, 15) is 10.2 Å². The summed E-state index contributed by atoms with van der Waals surface area (Å²) < 4.78 is 13.3. The lowest BCUT2D eigenvalue weighted by atomic mass is 9.67. The summed E-state index contributed by atoms with van der Waals surface area (Å²) in [7, 11) is 0. The quantitative estimate of drug-likeness (QED) is 0.235. The second-order valence-corrected chi connectivity index (χ2v) is 22.4. The van der Waals surface area contributed by atoms with E-state index in [1.807, 2.05) is 83.1 Å². The Bertz CT molecular complexity index is 2190. The van der Waals surface area contributed by atoms with Crippen molar-refractivity contribution in [1.29, 1.82) is 0 Å². The lowest BCUT2D eigenvalue weighted by Crippen LogP contribution is -2.64. The van der Waals surface area contributed by atoms with E-state index in [0.29, 0.717) is 0 Å². The lowest BCUT2D eigenvalue weighted by Gasteiger charge is -2.52. The van der Waals surface area contributed by atoms with E-state index >= 15 is 14.4 Å². The molecule has 3 aromatic rings. The van der Waals surface area contributed by atoms with Crippen LogP contribution in [0.15, 0.2) is 36.4 Å². The number of carbonyl (C=O) groups excluding carboxylic acids is 3. The Morgan fingerprint density at radius 3 is 0.855 bits per heavy atom. The molecule has 0 saturated heterocycles. The zero-order chi connectivity index (χ0) is 41.8. The van der Waals surface area contributed by atoms with Gasteiger partial charge in [0.1, 0.15) is 0 Å². The van der Waals surface area contributed by atoms with E-state index in [1.54, 1.807) is 36.4 Å². The topological polar surface area (TPSA) is 110 Å². The Balaban J connectivity index is 1.89. The summed E-state index contributed by atoms with van der Waals surface area (Å²) in [4.78, 5) is 46.3. The minimum Gasteiger partial charge on any atom is -0.356 e. The van der Waals surface area contributed by atoms with Gasteiger partial charge in [0.05, 0.1) is 0 Å². The first-order valence-corrected chi connectivity index (χ1v) is 19.6. The average Bonchev–Trinajstić information content (AvgIpc) is 3.01. The summed E-state index contributed by atoms with van der Waals surface area (Å²) >= 11 is 0. The minimum atomic E-state index is -2.85. The largest absolute Gasteiger partial charge is 0.356 e. The van der Waals surface area contributed by atoms with E-state index in [0.717, 1.165) is 33.4 Å². The highest BCUT2D eigenvalue weighted by molar-refractivity contribution is 6.16. The molecule has 0 aliphatic carbocycles. The number of hydrogen-bond donors (Lipinski definition) is 2. The zero-order valence-electron chi connectivity index (χ0n) is 36.4. The summed E-state index contributed by atoms with van der Waals surface area (Å²) in [6.45, 7) is 36.7. The van der Waals surface area contributed by atoms with Crippen LogP contribution < -0.4 is 0 Å². The van der Waals surface area contributed by atoms with E-state index in [-0.39, 0.29) is 33.4 Å². The van der Waals surface area contributed by atoms with Gasteiger partial charge in [-0.05, 0) is 102 Å². The maximum Gasteiger partial charge on any atom is 0.268 e. The standard InChI is InChI=1S/C48H62O7/c1-40(2,3)31-19-25-28(22-34(31)43(10,11)12)46(52)38(50)27-21-33(42(7,8)9)36(45(16,17)18)24-30(27)48(54-46)39(51)26-20-32(41(4,5)6)35(44(13,14)15)23-29(26)47(53,55-48)37(25)49/h19-24,52-53H,1-18H3. The number of carbonyl (C=O) groups is 3. The fraction of sp³-hybridized carbons (Fsp3) is 0.562. The van der Waals surface area contributed by atoms with Crippen LogP contribution in [0.5, 0.6) is 0 Å². The van der Waals surface area contributed by atoms with E-state index < -0.39 is 67.2 Å². The molecule has 296 valence electrons. The molecule has 3 aliphatic heterocycles. The van der Waals surface area contributed by atoms with Crippen molar-refractivity contribution in [2.45, 2.75) is 174 Å². The molecule has 0 radical (unpaired) electrons. The van der Waals surface area contributed by atoms with Crippen molar-refractivity contribution >= 4 is 17.3 Å². The highest BCUT2D eigenvalue weighted by atomic mass is 16.8. The molecular formula is C48H62O7. The Morgan fingerprint density at radius 1 is 0.364 bits per heavy atom. The van der Waals surface area contributed by atoms with Crippen LogP contribution in [0.1, 0.15) is 206 Å². The Hall–Kier alpha value is -3.49. The summed E-state index contributed by atoms with van der Waals surface area (Å²) in [5.74, 6) is -10.6. The molecule has 3 aliphatic rings. The number of hydrogen-bond acceptors (Lipinski definition) is 7. The summed E-state index contributed by atoms with van der Waals surface area (Å²) in [5.41, 5.74) is 1.97. The van der Waals surface area contributed by atoms with Gasteiger partial charge in [-0.1, -0.05) is 125 Å². The molecule has 7 nitrogen and oxygen atoms in total. The summed E-state index contributed by atoms with van der Waals surface area (Å²) in [6.07, 6.45) is 0. The van der Waals surface area contributed by atoms with Crippen LogP contribution in [0.3, 0.4) is 0 Å². The van der Waals surface area contributed by atoms with Crippen molar-refractivity contribution in [2.75, 3.05) is 0 Å². The maximum absolute atomic E-state index is 15.6. The van der Waals surface area contributed by atoms with Crippen molar-refractivity contribution in [1.82, 2.24) is 0 Å². The molecule has 3 bridgehead atoms. The van der Waals surface area contributed by atoms with Gasteiger partial charge in [-0.3, -0.25) is 23.9 Å². The van der Waals surface area contributed by atoms with Crippen molar-refractivity contribution in [2.24, 2.45) is 0 Å². The van der Waals surface area contributed by atoms with Gasteiger partial charge in [-0.15, -0.1) is 0 Å². The molecule has 7 heteroatoms. The Kier molecular flexibility index (Phi) is 8.65. The van der Waals surface area contributed by atoms with Crippen molar-refractivity contribution in [3.8, 4) is 0 Å². The van der Waals surface area contributed by atoms with Gasteiger partial charge in [-0.25, -0.2) is 0 Å². The molecule has 0 fully saturated rings. The number of aliphatic hydroxyl groups is 2. The molecule has 3 unspecified atom stereocenters. The van der Waals surface area contributed by atoms with Crippen molar-refractivity contribution < 1.29 is 34.1 Å². The first-order chi connectivity index (χ1) is 24.5. The van der Waals surface area contributed by atoms with E-state index in [2.05, 4.69) is 41.5 Å². The lowest BCUT2D eigenvalue weighted by molar-refractivity contribution is -0.378. The summed E-state index contributed by atoms with van der Waals surface area (Å²) in [5, 5.41) is 26.3. The molecule has 55 heavy (non-hydrogen) atoms. The first kappa shape index (κ1) is 41.2. The van der Waals surface area contributed by atoms with Crippen molar-refractivity contribution in [3.63, 3.8) is 0 Å². The van der Waals surface area contributed by atoms with Gasteiger partial charge in [0.2, 0.25) is 17.3 Å². The molecular weight excluding hydrogens is 689 g/mol. The minimum absolute atomic E-state index is 0.00375. The zero-order valence-corrected chi connectivity index (χ0v) is 36.4. The molecule has 0 amide bonds.